The molecule has 0 atom stereocenters. The van der Waals surface area contributed by atoms with Crippen molar-refractivity contribution in [3.63, 3.8) is 0 Å². The molecule has 3 heterocycles. The highest BCUT2D eigenvalue weighted by atomic mass is 32.1. The number of thiophene rings is 1. The first-order valence-corrected chi connectivity index (χ1v) is 22.1. The van der Waals surface area contributed by atoms with Gasteiger partial charge in [0.2, 0.25) is 0 Å². The molecule has 0 bridgehead atoms. The SMILES string of the molecule is c1ccc(C2(c3ccccc3)c3ccccc3-c3c(-c4nc(-c5ccccc5-c5cccc6c5oc5ccccc56)nc(-c5cccc6c5sc5ccccc56)n4)cccc32)cc1. The summed E-state index contributed by atoms with van der Waals surface area (Å²) in [5.74, 6) is 1.84. The van der Waals surface area contributed by atoms with E-state index in [1.165, 1.54) is 43.3 Å². The van der Waals surface area contributed by atoms with Crippen molar-refractivity contribution >= 4 is 53.4 Å². The maximum Gasteiger partial charge on any atom is 0.165 e. The molecule has 0 spiro atoms. The van der Waals surface area contributed by atoms with E-state index in [1.807, 2.05) is 12.1 Å². The summed E-state index contributed by atoms with van der Waals surface area (Å²) in [4.78, 5) is 16.5. The molecular formula is C58H35N3OS. The van der Waals surface area contributed by atoms with Crippen LogP contribution in [0.3, 0.4) is 0 Å². The lowest BCUT2D eigenvalue weighted by Crippen LogP contribution is -2.28. The first-order chi connectivity index (χ1) is 31.3. The molecule has 0 aliphatic heterocycles. The highest BCUT2D eigenvalue weighted by Crippen LogP contribution is 2.58. The summed E-state index contributed by atoms with van der Waals surface area (Å²) in [6.07, 6.45) is 0. The lowest BCUT2D eigenvalue weighted by Gasteiger charge is -2.33. The van der Waals surface area contributed by atoms with Gasteiger partial charge in [0, 0.05) is 53.2 Å². The topological polar surface area (TPSA) is 51.8 Å². The van der Waals surface area contributed by atoms with Gasteiger partial charge in [-0.1, -0.05) is 194 Å². The van der Waals surface area contributed by atoms with Crippen LogP contribution >= 0.6 is 11.3 Å². The van der Waals surface area contributed by atoms with E-state index in [4.69, 9.17) is 19.4 Å². The summed E-state index contributed by atoms with van der Waals surface area (Å²) < 4.78 is 9.00. The molecule has 0 saturated carbocycles. The minimum atomic E-state index is -0.566. The summed E-state index contributed by atoms with van der Waals surface area (Å²) in [6.45, 7) is 0. The fraction of sp³-hybridized carbons (Fsp3) is 0.0172. The molecule has 4 nitrogen and oxygen atoms in total. The van der Waals surface area contributed by atoms with Gasteiger partial charge in [0.25, 0.3) is 0 Å². The molecule has 1 aliphatic rings. The Morgan fingerprint density at radius 1 is 0.349 bits per heavy atom. The number of nitrogens with zero attached hydrogens (tertiary/aromatic N) is 3. The maximum absolute atomic E-state index is 6.62. The molecule has 9 aromatic carbocycles. The molecule has 0 saturated heterocycles. The van der Waals surface area contributed by atoms with Gasteiger partial charge in [0.1, 0.15) is 11.2 Å². The quantitative estimate of drug-likeness (QED) is 0.168. The van der Waals surface area contributed by atoms with Crippen LogP contribution in [0, 0.1) is 0 Å². The Morgan fingerprint density at radius 3 is 1.63 bits per heavy atom. The third-order valence-corrected chi connectivity index (χ3v) is 14.1. The molecular weight excluding hydrogens is 787 g/mol. The number of para-hydroxylation sites is 2. The van der Waals surface area contributed by atoms with Crippen molar-refractivity contribution in [1.82, 2.24) is 15.0 Å². The van der Waals surface area contributed by atoms with Crippen molar-refractivity contribution < 1.29 is 4.42 Å². The standard InChI is InChI=1S/C58H35N3OS/c1-3-18-36(19-4-1)58(37-20-5-2-6-21-37)48-32-12-9-26-45(48)52-46(30-17-33-49(52)58)56-59-55(60-57(61-56)47-31-16-29-43-40-24-11-14-35-51(40)63-54(43)47)44-25-8-7-22-38(44)41-27-15-28-42-39-23-10-13-34-50(39)62-53(41)42/h1-35H. The molecule has 0 radical (unpaired) electrons. The van der Waals surface area contributed by atoms with Crippen LogP contribution in [0.2, 0.25) is 0 Å². The minimum Gasteiger partial charge on any atom is -0.455 e. The van der Waals surface area contributed by atoms with E-state index in [2.05, 4.69) is 200 Å². The molecule has 294 valence electrons. The molecule has 0 fully saturated rings. The minimum absolute atomic E-state index is 0.566. The van der Waals surface area contributed by atoms with Crippen LogP contribution in [0.15, 0.2) is 217 Å². The van der Waals surface area contributed by atoms with E-state index in [0.717, 1.165) is 60.0 Å². The number of fused-ring (bicyclic) bond motifs is 9. The number of aromatic nitrogens is 3. The zero-order chi connectivity index (χ0) is 41.5. The van der Waals surface area contributed by atoms with Crippen molar-refractivity contribution in [2.75, 3.05) is 0 Å². The van der Waals surface area contributed by atoms with Gasteiger partial charge in [-0.25, -0.2) is 15.0 Å². The van der Waals surface area contributed by atoms with Gasteiger partial charge in [0.05, 0.1) is 5.41 Å². The normalized spacial score (nSPS) is 12.9. The van der Waals surface area contributed by atoms with Gasteiger partial charge in [0.15, 0.2) is 17.5 Å². The fourth-order valence-electron chi connectivity index (χ4n) is 10.2. The zero-order valence-corrected chi connectivity index (χ0v) is 34.7. The number of benzene rings is 9. The van der Waals surface area contributed by atoms with E-state index < -0.39 is 5.41 Å². The Balaban J connectivity index is 1.11. The predicted octanol–water partition coefficient (Wildman–Crippen LogP) is 15.2. The van der Waals surface area contributed by atoms with E-state index in [1.54, 1.807) is 11.3 Å². The second-order valence-corrected chi connectivity index (χ2v) is 17.2. The van der Waals surface area contributed by atoms with Crippen LogP contribution in [0.4, 0.5) is 0 Å². The van der Waals surface area contributed by atoms with Gasteiger partial charge in [-0.2, -0.15) is 0 Å². The highest BCUT2D eigenvalue weighted by molar-refractivity contribution is 7.26. The summed E-state index contributed by atoms with van der Waals surface area (Å²) in [5, 5.41) is 4.59. The van der Waals surface area contributed by atoms with Gasteiger partial charge in [-0.05, 0) is 57.1 Å². The van der Waals surface area contributed by atoms with E-state index in [-0.39, 0.29) is 0 Å². The second-order valence-electron chi connectivity index (χ2n) is 16.2. The average Bonchev–Trinajstić information content (AvgIpc) is 4.03. The van der Waals surface area contributed by atoms with Crippen molar-refractivity contribution in [2.45, 2.75) is 5.41 Å². The zero-order valence-electron chi connectivity index (χ0n) is 33.9. The van der Waals surface area contributed by atoms with Crippen molar-refractivity contribution in [2.24, 2.45) is 0 Å². The van der Waals surface area contributed by atoms with E-state index in [0.29, 0.717) is 17.5 Å². The number of hydrogen-bond donors (Lipinski definition) is 0. The monoisotopic (exact) mass is 821 g/mol. The smallest absolute Gasteiger partial charge is 0.165 e. The first-order valence-electron chi connectivity index (χ1n) is 21.3. The highest BCUT2D eigenvalue weighted by Gasteiger charge is 2.47. The molecule has 5 heteroatoms. The maximum atomic E-state index is 6.62. The Bertz CT molecular complexity index is 3720. The van der Waals surface area contributed by atoms with Crippen LogP contribution in [-0.2, 0) is 5.41 Å². The summed E-state index contributed by atoms with van der Waals surface area (Å²) in [7, 11) is 0. The average molecular weight is 822 g/mol. The van der Waals surface area contributed by atoms with Crippen LogP contribution in [-0.4, -0.2) is 15.0 Å². The largest absolute Gasteiger partial charge is 0.455 e. The molecule has 0 N–H and O–H groups in total. The van der Waals surface area contributed by atoms with Crippen molar-refractivity contribution in [3.05, 3.63) is 235 Å². The molecule has 3 aromatic heterocycles. The number of furan rings is 1. The number of rotatable bonds is 6. The molecule has 0 amide bonds. The first kappa shape index (κ1) is 35.7. The summed E-state index contributed by atoms with van der Waals surface area (Å²) in [5.41, 5.74) is 13.1. The third kappa shape index (κ3) is 5.30. The molecule has 1 aliphatic carbocycles. The Morgan fingerprint density at radius 2 is 0.857 bits per heavy atom. The molecule has 0 unspecified atom stereocenters. The second kappa shape index (κ2) is 14.0. The van der Waals surface area contributed by atoms with Crippen LogP contribution in [0.1, 0.15) is 22.3 Å². The van der Waals surface area contributed by atoms with Gasteiger partial charge >= 0.3 is 0 Å². The molecule has 63 heavy (non-hydrogen) atoms. The van der Waals surface area contributed by atoms with Crippen LogP contribution < -0.4 is 0 Å². The Kier molecular flexibility index (Phi) is 7.96. The van der Waals surface area contributed by atoms with Gasteiger partial charge in [-0.15, -0.1) is 11.3 Å². The van der Waals surface area contributed by atoms with Crippen molar-refractivity contribution in [1.29, 1.82) is 0 Å². The Hall–Kier alpha value is -7.99. The third-order valence-electron chi connectivity index (χ3n) is 12.9. The summed E-state index contributed by atoms with van der Waals surface area (Å²) in [6, 6.07) is 75.5. The van der Waals surface area contributed by atoms with E-state index in [9.17, 15) is 0 Å². The lowest BCUT2D eigenvalue weighted by molar-refractivity contribution is 0.670. The van der Waals surface area contributed by atoms with Crippen LogP contribution in [0.25, 0.3) is 98.5 Å². The van der Waals surface area contributed by atoms with Gasteiger partial charge < -0.3 is 4.42 Å². The molecule has 12 aromatic rings. The van der Waals surface area contributed by atoms with Crippen LogP contribution in [0.5, 0.6) is 0 Å². The Labute approximate surface area is 367 Å². The van der Waals surface area contributed by atoms with Gasteiger partial charge in [-0.3, -0.25) is 0 Å². The fourth-order valence-corrected chi connectivity index (χ4v) is 11.4. The van der Waals surface area contributed by atoms with Crippen molar-refractivity contribution in [3.8, 4) is 56.4 Å². The predicted molar refractivity (Wildman–Crippen MR) is 259 cm³/mol. The molecule has 13 rings (SSSR count). The summed E-state index contributed by atoms with van der Waals surface area (Å²) >= 11 is 1.78. The number of hydrogen-bond acceptors (Lipinski definition) is 5. The van der Waals surface area contributed by atoms with E-state index >= 15 is 0 Å². The lowest BCUT2D eigenvalue weighted by atomic mass is 9.67.